The third kappa shape index (κ3) is 4.54. The number of halogens is 2. The van der Waals surface area contributed by atoms with Crippen molar-refractivity contribution in [3.8, 4) is 0 Å². The molecule has 0 unspecified atom stereocenters. The van der Waals surface area contributed by atoms with E-state index in [1.807, 2.05) is 0 Å². The number of carbonyl (C=O) groups is 2. The van der Waals surface area contributed by atoms with Crippen molar-refractivity contribution in [1.82, 2.24) is 5.48 Å². The Labute approximate surface area is 156 Å². The number of Topliss-reactive ketones (excluding diaryl/α,β-unsaturated/α-hetero) is 1. The minimum atomic E-state index is -0.746. The van der Waals surface area contributed by atoms with Gasteiger partial charge in [0.1, 0.15) is 17.6 Å². The summed E-state index contributed by atoms with van der Waals surface area (Å²) in [6.45, 7) is 3.42. The van der Waals surface area contributed by atoms with Gasteiger partial charge in [-0.3, -0.25) is 14.5 Å². The van der Waals surface area contributed by atoms with Gasteiger partial charge in [0.25, 0.3) is 0 Å². The SMILES string of the molecule is CCC(=O)CC[C@H]1CN(c2cc(F)c(N3CCNOCC3)c(F)c2)C(=O)O1. The molecule has 0 aromatic heterocycles. The van der Waals surface area contributed by atoms with E-state index >= 15 is 0 Å². The van der Waals surface area contributed by atoms with Crippen molar-refractivity contribution in [3.05, 3.63) is 23.8 Å². The summed E-state index contributed by atoms with van der Waals surface area (Å²) in [4.78, 5) is 31.4. The zero-order valence-corrected chi connectivity index (χ0v) is 15.2. The molecule has 0 spiro atoms. The van der Waals surface area contributed by atoms with Crippen molar-refractivity contribution >= 4 is 23.3 Å². The number of anilines is 2. The third-order valence-electron chi connectivity index (χ3n) is 4.69. The molecule has 1 N–H and O–H groups in total. The lowest BCUT2D eigenvalue weighted by Crippen LogP contribution is -2.31. The maximum atomic E-state index is 14.6. The topological polar surface area (TPSA) is 71.1 Å². The van der Waals surface area contributed by atoms with E-state index in [-0.39, 0.29) is 23.7 Å². The molecule has 0 aliphatic carbocycles. The number of carbonyl (C=O) groups excluding carboxylic acids is 2. The molecule has 9 heteroatoms. The smallest absolute Gasteiger partial charge is 0.414 e. The minimum absolute atomic E-state index is 0.0851. The number of hydrogen-bond acceptors (Lipinski definition) is 6. The normalized spacial score (nSPS) is 20.6. The van der Waals surface area contributed by atoms with Crippen LogP contribution >= 0.6 is 0 Å². The molecule has 0 bridgehead atoms. The Morgan fingerprint density at radius 3 is 2.74 bits per heavy atom. The lowest BCUT2D eigenvalue weighted by atomic mass is 10.1. The quantitative estimate of drug-likeness (QED) is 0.813. The van der Waals surface area contributed by atoms with Crippen molar-refractivity contribution in [2.24, 2.45) is 0 Å². The van der Waals surface area contributed by atoms with Crippen molar-refractivity contribution in [3.63, 3.8) is 0 Å². The monoisotopic (exact) mass is 383 g/mol. The highest BCUT2D eigenvalue weighted by Gasteiger charge is 2.33. The Bertz CT molecular complexity index is 685. The van der Waals surface area contributed by atoms with Gasteiger partial charge in [-0.15, -0.1) is 0 Å². The summed E-state index contributed by atoms with van der Waals surface area (Å²) in [5.41, 5.74) is 2.67. The van der Waals surface area contributed by atoms with Crippen LogP contribution in [0.15, 0.2) is 12.1 Å². The molecule has 1 atom stereocenters. The summed E-state index contributed by atoms with van der Waals surface area (Å²) in [5, 5.41) is 0. The molecule has 148 valence electrons. The maximum absolute atomic E-state index is 14.6. The van der Waals surface area contributed by atoms with Crippen LogP contribution in [0.5, 0.6) is 0 Å². The zero-order valence-electron chi connectivity index (χ0n) is 15.2. The Morgan fingerprint density at radius 2 is 2.04 bits per heavy atom. The largest absolute Gasteiger partial charge is 0.444 e. The fourth-order valence-electron chi connectivity index (χ4n) is 3.21. The van der Waals surface area contributed by atoms with Gasteiger partial charge in [0.2, 0.25) is 0 Å². The molecule has 1 aromatic carbocycles. The van der Waals surface area contributed by atoms with Crippen LogP contribution in [0.3, 0.4) is 0 Å². The highest BCUT2D eigenvalue weighted by Crippen LogP contribution is 2.31. The number of cyclic esters (lactones) is 1. The third-order valence-corrected chi connectivity index (χ3v) is 4.69. The summed E-state index contributed by atoms with van der Waals surface area (Å²) in [7, 11) is 0. The van der Waals surface area contributed by atoms with Crippen LogP contribution in [0.1, 0.15) is 26.2 Å². The number of benzene rings is 1. The van der Waals surface area contributed by atoms with E-state index in [0.29, 0.717) is 45.5 Å². The molecule has 2 fully saturated rings. The Morgan fingerprint density at radius 1 is 1.30 bits per heavy atom. The second-order valence-electron chi connectivity index (χ2n) is 6.54. The van der Waals surface area contributed by atoms with Gasteiger partial charge in [-0.2, -0.15) is 0 Å². The Hall–Kier alpha value is -2.26. The molecule has 2 saturated heterocycles. The highest BCUT2D eigenvalue weighted by molar-refractivity contribution is 5.90. The molecular formula is C18H23F2N3O4. The molecule has 2 aliphatic rings. The van der Waals surface area contributed by atoms with Crippen molar-refractivity contribution in [2.75, 3.05) is 42.6 Å². The van der Waals surface area contributed by atoms with Gasteiger partial charge in [-0.1, -0.05) is 6.92 Å². The van der Waals surface area contributed by atoms with Crippen LogP contribution in [0.2, 0.25) is 0 Å². The van der Waals surface area contributed by atoms with E-state index in [0.717, 1.165) is 12.1 Å². The second-order valence-corrected chi connectivity index (χ2v) is 6.54. The number of ketones is 1. The van der Waals surface area contributed by atoms with Gasteiger partial charge in [-0.05, 0) is 6.42 Å². The van der Waals surface area contributed by atoms with Crippen molar-refractivity contribution < 1.29 is 27.9 Å². The van der Waals surface area contributed by atoms with Gasteiger partial charge in [0.05, 0.1) is 18.8 Å². The first kappa shape index (κ1) is 19.5. The molecule has 1 amide bonds. The van der Waals surface area contributed by atoms with E-state index in [9.17, 15) is 18.4 Å². The number of nitrogens with one attached hydrogen (secondary N) is 1. The number of hydroxylamine groups is 1. The predicted molar refractivity (Wildman–Crippen MR) is 94.7 cm³/mol. The first-order valence-corrected chi connectivity index (χ1v) is 9.08. The van der Waals surface area contributed by atoms with Crippen LogP contribution in [-0.4, -0.2) is 50.8 Å². The summed E-state index contributed by atoms with van der Waals surface area (Å²) in [6.07, 6.45) is 0.0167. The second kappa shape index (κ2) is 8.62. The average Bonchev–Trinajstić information content (AvgIpc) is 2.82. The van der Waals surface area contributed by atoms with E-state index in [2.05, 4.69) is 5.48 Å². The molecular weight excluding hydrogens is 360 g/mol. The van der Waals surface area contributed by atoms with E-state index < -0.39 is 23.8 Å². The fourth-order valence-corrected chi connectivity index (χ4v) is 3.21. The number of hydrogen-bond donors (Lipinski definition) is 1. The maximum Gasteiger partial charge on any atom is 0.414 e. The zero-order chi connectivity index (χ0) is 19.4. The van der Waals surface area contributed by atoms with Gasteiger partial charge in [0.15, 0.2) is 11.6 Å². The van der Waals surface area contributed by atoms with Crippen LogP contribution in [0, 0.1) is 11.6 Å². The Balaban J connectivity index is 1.73. The first-order valence-electron chi connectivity index (χ1n) is 9.08. The van der Waals surface area contributed by atoms with Gasteiger partial charge < -0.3 is 9.64 Å². The van der Waals surface area contributed by atoms with Gasteiger partial charge in [-0.25, -0.2) is 19.1 Å². The number of rotatable bonds is 6. The summed E-state index contributed by atoms with van der Waals surface area (Å²) >= 11 is 0. The van der Waals surface area contributed by atoms with E-state index in [4.69, 9.17) is 9.57 Å². The molecule has 0 radical (unpaired) electrons. The fraction of sp³-hybridized carbons (Fsp3) is 0.556. The lowest BCUT2D eigenvalue weighted by Gasteiger charge is -2.24. The number of nitrogens with zero attached hydrogens (tertiary/aromatic N) is 2. The predicted octanol–water partition coefficient (Wildman–Crippen LogP) is 2.39. The van der Waals surface area contributed by atoms with E-state index in [1.54, 1.807) is 11.8 Å². The van der Waals surface area contributed by atoms with Crippen LogP contribution in [0.25, 0.3) is 0 Å². The van der Waals surface area contributed by atoms with Gasteiger partial charge >= 0.3 is 6.09 Å². The average molecular weight is 383 g/mol. The van der Waals surface area contributed by atoms with Crippen molar-refractivity contribution in [2.45, 2.75) is 32.3 Å². The standard InChI is InChI=1S/C18H23F2N3O4/c1-2-13(24)3-4-14-11-23(18(25)27-14)12-9-15(19)17(16(20)10-12)22-6-5-21-26-8-7-22/h9-10,14,21H,2-8,11H2,1H3/t14-/m0/s1. The molecule has 7 nitrogen and oxygen atoms in total. The molecule has 2 heterocycles. The lowest BCUT2D eigenvalue weighted by molar-refractivity contribution is -0.119. The molecule has 3 rings (SSSR count). The van der Waals surface area contributed by atoms with E-state index in [1.165, 1.54) is 4.90 Å². The van der Waals surface area contributed by atoms with Gasteiger partial charge in [0, 0.05) is 44.6 Å². The van der Waals surface area contributed by atoms with Crippen LogP contribution in [0.4, 0.5) is 25.0 Å². The first-order chi connectivity index (χ1) is 13.0. The summed E-state index contributed by atoms with van der Waals surface area (Å²) in [6, 6.07) is 2.27. The summed E-state index contributed by atoms with van der Waals surface area (Å²) in [5.74, 6) is -1.41. The van der Waals surface area contributed by atoms with Crippen LogP contribution < -0.4 is 15.3 Å². The molecule has 1 aromatic rings. The van der Waals surface area contributed by atoms with Crippen LogP contribution in [-0.2, 0) is 14.4 Å². The number of amides is 1. The number of ether oxygens (including phenoxy) is 1. The molecule has 27 heavy (non-hydrogen) atoms. The Kier molecular flexibility index (Phi) is 6.22. The van der Waals surface area contributed by atoms with Crippen molar-refractivity contribution in [1.29, 1.82) is 0 Å². The summed E-state index contributed by atoms with van der Waals surface area (Å²) < 4.78 is 34.5. The molecule has 2 aliphatic heterocycles. The molecule has 0 saturated carbocycles. The minimum Gasteiger partial charge on any atom is -0.444 e. The highest BCUT2D eigenvalue weighted by atomic mass is 19.1.